The van der Waals surface area contributed by atoms with E-state index in [-0.39, 0.29) is 5.75 Å². The molecule has 2 aromatic rings. The molecule has 3 nitrogen and oxygen atoms in total. The van der Waals surface area contributed by atoms with Gasteiger partial charge in [-0.1, -0.05) is 6.07 Å². The molecule has 1 heterocycles. The van der Waals surface area contributed by atoms with Crippen LogP contribution in [0.3, 0.4) is 0 Å². The molecule has 14 heavy (non-hydrogen) atoms. The molecule has 4 heteroatoms. The summed E-state index contributed by atoms with van der Waals surface area (Å²) in [5.41, 5.74) is 5.52. The van der Waals surface area contributed by atoms with E-state index in [1.807, 2.05) is 18.2 Å². The monoisotopic (exact) mass is 209 g/mol. The lowest BCUT2D eigenvalue weighted by Crippen LogP contribution is -1.92. The van der Waals surface area contributed by atoms with Crippen molar-refractivity contribution in [3.05, 3.63) is 23.1 Å². The zero-order chi connectivity index (χ0) is 10.1. The molecule has 0 spiro atoms. The quantitative estimate of drug-likeness (QED) is 0.796. The fraction of sp³-hybridized carbons (Fsp3) is 0.200. The van der Waals surface area contributed by atoms with Crippen LogP contribution in [0, 0.1) is 0 Å². The van der Waals surface area contributed by atoms with Crippen molar-refractivity contribution in [3.63, 3.8) is 0 Å². The first kappa shape index (κ1) is 9.30. The summed E-state index contributed by atoms with van der Waals surface area (Å²) in [6.45, 7) is 0.355. The van der Waals surface area contributed by atoms with Crippen molar-refractivity contribution in [2.75, 3.05) is 7.11 Å². The van der Waals surface area contributed by atoms with Crippen LogP contribution in [0.4, 0.5) is 0 Å². The summed E-state index contributed by atoms with van der Waals surface area (Å²) in [7, 11) is 1.62. The van der Waals surface area contributed by atoms with Gasteiger partial charge in [-0.15, -0.1) is 11.3 Å². The van der Waals surface area contributed by atoms with Crippen molar-refractivity contribution >= 4 is 21.4 Å². The van der Waals surface area contributed by atoms with E-state index in [4.69, 9.17) is 10.5 Å². The molecule has 0 aliphatic carbocycles. The summed E-state index contributed by atoms with van der Waals surface area (Å²) in [6, 6.07) is 5.59. The van der Waals surface area contributed by atoms with Crippen LogP contribution in [0.2, 0.25) is 0 Å². The fourth-order valence-corrected chi connectivity index (χ4v) is 2.49. The van der Waals surface area contributed by atoms with Crippen molar-refractivity contribution in [1.82, 2.24) is 0 Å². The average Bonchev–Trinajstić information content (AvgIpc) is 2.55. The van der Waals surface area contributed by atoms with Crippen molar-refractivity contribution in [1.29, 1.82) is 0 Å². The van der Waals surface area contributed by atoms with Gasteiger partial charge in [0.25, 0.3) is 0 Å². The minimum Gasteiger partial charge on any atom is -0.506 e. The maximum atomic E-state index is 9.78. The van der Waals surface area contributed by atoms with Gasteiger partial charge in [-0.05, 0) is 12.1 Å². The van der Waals surface area contributed by atoms with Gasteiger partial charge in [0, 0.05) is 11.9 Å². The van der Waals surface area contributed by atoms with Crippen LogP contribution in [-0.4, -0.2) is 12.2 Å². The number of ether oxygens (including phenoxy) is 1. The first-order chi connectivity index (χ1) is 6.77. The number of benzene rings is 1. The number of fused-ring (bicyclic) bond motifs is 1. The second-order valence-corrected chi connectivity index (χ2v) is 4.02. The Bertz CT molecular complexity index is 464. The van der Waals surface area contributed by atoms with E-state index in [0.717, 1.165) is 20.7 Å². The predicted molar refractivity (Wildman–Crippen MR) is 57.9 cm³/mol. The van der Waals surface area contributed by atoms with Gasteiger partial charge in [-0.25, -0.2) is 0 Å². The van der Waals surface area contributed by atoms with Gasteiger partial charge in [0.05, 0.1) is 16.7 Å². The lowest BCUT2D eigenvalue weighted by atomic mass is 10.2. The summed E-state index contributed by atoms with van der Waals surface area (Å²) < 4.78 is 6.15. The highest BCUT2D eigenvalue weighted by Gasteiger charge is 2.12. The van der Waals surface area contributed by atoms with Gasteiger partial charge in [0.2, 0.25) is 0 Å². The summed E-state index contributed by atoms with van der Waals surface area (Å²) in [6.07, 6.45) is 0. The molecule has 1 aromatic carbocycles. The Hall–Kier alpha value is -1.26. The molecule has 0 saturated heterocycles. The van der Waals surface area contributed by atoms with E-state index in [1.165, 1.54) is 11.3 Å². The smallest absolute Gasteiger partial charge is 0.138 e. The zero-order valence-electron chi connectivity index (χ0n) is 7.78. The predicted octanol–water partition coefficient (Wildman–Crippen LogP) is 2.07. The van der Waals surface area contributed by atoms with Gasteiger partial charge in [-0.3, -0.25) is 0 Å². The maximum absolute atomic E-state index is 9.78. The topological polar surface area (TPSA) is 55.5 Å². The van der Waals surface area contributed by atoms with Crippen LogP contribution >= 0.6 is 11.3 Å². The molecule has 0 radical (unpaired) electrons. The zero-order valence-corrected chi connectivity index (χ0v) is 8.60. The van der Waals surface area contributed by atoms with Crippen LogP contribution in [0.25, 0.3) is 10.1 Å². The SMILES string of the molecule is COc1cccc2c(O)c(CN)sc12. The number of thiophene rings is 1. The van der Waals surface area contributed by atoms with Crippen LogP contribution in [0.5, 0.6) is 11.5 Å². The molecule has 0 atom stereocenters. The fourth-order valence-electron chi connectivity index (χ4n) is 1.43. The molecule has 2 rings (SSSR count). The Morgan fingerprint density at radius 2 is 2.29 bits per heavy atom. The molecule has 0 aliphatic rings. The van der Waals surface area contributed by atoms with Gasteiger partial charge >= 0.3 is 0 Å². The highest BCUT2D eigenvalue weighted by molar-refractivity contribution is 7.19. The highest BCUT2D eigenvalue weighted by Crippen LogP contribution is 2.41. The molecular formula is C10H11NO2S. The summed E-state index contributed by atoms with van der Waals surface area (Å²) >= 11 is 1.48. The third-order valence-electron chi connectivity index (χ3n) is 2.13. The van der Waals surface area contributed by atoms with Crippen LogP contribution in [-0.2, 0) is 6.54 Å². The first-order valence-corrected chi connectivity index (χ1v) is 5.07. The Kier molecular flexibility index (Phi) is 2.31. The third-order valence-corrected chi connectivity index (χ3v) is 3.36. The minimum atomic E-state index is 0.284. The second kappa shape index (κ2) is 3.48. The van der Waals surface area contributed by atoms with Crippen molar-refractivity contribution in [2.45, 2.75) is 6.54 Å². The number of rotatable bonds is 2. The van der Waals surface area contributed by atoms with E-state index in [9.17, 15) is 5.11 Å². The third kappa shape index (κ3) is 1.23. The number of hydrogen-bond acceptors (Lipinski definition) is 4. The Morgan fingerprint density at radius 1 is 1.50 bits per heavy atom. The number of nitrogens with two attached hydrogens (primary N) is 1. The highest BCUT2D eigenvalue weighted by atomic mass is 32.1. The molecule has 0 fully saturated rings. The number of aromatic hydroxyl groups is 1. The van der Waals surface area contributed by atoms with E-state index in [1.54, 1.807) is 7.11 Å². The van der Waals surface area contributed by atoms with Crippen molar-refractivity contribution < 1.29 is 9.84 Å². The van der Waals surface area contributed by atoms with Crippen LogP contribution < -0.4 is 10.5 Å². The normalized spacial score (nSPS) is 10.7. The molecule has 0 unspecified atom stereocenters. The molecular weight excluding hydrogens is 198 g/mol. The Morgan fingerprint density at radius 3 is 2.93 bits per heavy atom. The molecule has 0 saturated carbocycles. The average molecular weight is 209 g/mol. The van der Waals surface area contributed by atoms with E-state index >= 15 is 0 Å². The Balaban J connectivity index is 2.77. The minimum absolute atomic E-state index is 0.284. The molecule has 0 aliphatic heterocycles. The molecule has 1 aromatic heterocycles. The summed E-state index contributed by atoms with van der Waals surface area (Å²) in [4.78, 5) is 0.796. The molecule has 3 N–H and O–H groups in total. The molecule has 0 amide bonds. The van der Waals surface area contributed by atoms with Crippen LogP contribution in [0.15, 0.2) is 18.2 Å². The maximum Gasteiger partial charge on any atom is 0.138 e. The Labute approximate surface area is 85.7 Å². The van der Waals surface area contributed by atoms with Gasteiger partial charge in [-0.2, -0.15) is 0 Å². The van der Waals surface area contributed by atoms with Crippen molar-refractivity contribution in [2.24, 2.45) is 5.73 Å². The van der Waals surface area contributed by atoms with E-state index < -0.39 is 0 Å². The molecule has 74 valence electrons. The van der Waals surface area contributed by atoms with Gasteiger partial charge < -0.3 is 15.6 Å². The van der Waals surface area contributed by atoms with E-state index in [0.29, 0.717) is 6.54 Å². The first-order valence-electron chi connectivity index (χ1n) is 4.25. The van der Waals surface area contributed by atoms with Gasteiger partial charge in [0.15, 0.2) is 0 Å². The standard InChI is InChI=1S/C10H11NO2S/c1-13-7-4-2-3-6-9(12)8(5-11)14-10(6)7/h2-4,12H,5,11H2,1H3. The summed E-state index contributed by atoms with van der Waals surface area (Å²) in [5, 5.41) is 10.6. The van der Waals surface area contributed by atoms with E-state index in [2.05, 4.69) is 0 Å². The lowest BCUT2D eigenvalue weighted by molar-refractivity contribution is 0.420. The van der Waals surface area contributed by atoms with Crippen molar-refractivity contribution in [3.8, 4) is 11.5 Å². The van der Waals surface area contributed by atoms with Crippen LogP contribution in [0.1, 0.15) is 4.88 Å². The lowest BCUT2D eigenvalue weighted by Gasteiger charge is -1.99. The van der Waals surface area contributed by atoms with Gasteiger partial charge in [0.1, 0.15) is 11.5 Å². The summed E-state index contributed by atoms with van der Waals surface area (Å²) in [5.74, 6) is 1.06. The largest absolute Gasteiger partial charge is 0.506 e. The number of hydrogen-bond donors (Lipinski definition) is 2. The second-order valence-electron chi connectivity index (χ2n) is 2.91. The number of methoxy groups -OCH3 is 1. The molecule has 0 bridgehead atoms.